The van der Waals surface area contributed by atoms with E-state index in [1.165, 1.54) is 10.6 Å². The second kappa shape index (κ2) is 7.87. The topological polar surface area (TPSA) is 84.9 Å². The van der Waals surface area contributed by atoms with Gasteiger partial charge in [-0.15, -0.1) is 0 Å². The van der Waals surface area contributed by atoms with Gasteiger partial charge in [0.1, 0.15) is 0 Å². The number of hydrogen-bond donors (Lipinski definition) is 1. The van der Waals surface area contributed by atoms with Crippen LogP contribution >= 0.6 is 0 Å². The van der Waals surface area contributed by atoms with Crippen LogP contribution in [0.15, 0.2) is 42.5 Å². The molecule has 8 heteroatoms. The van der Waals surface area contributed by atoms with Gasteiger partial charge < -0.3 is 14.8 Å². The Labute approximate surface area is 158 Å². The first-order valence-corrected chi connectivity index (χ1v) is 10.5. The van der Waals surface area contributed by atoms with E-state index in [0.717, 1.165) is 5.56 Å². The summed E-state index contributed by atoms with van der Waals surface area (Å²) in [6, 6.07) is 12.3. The number of amides is 1. The molecule has 3 rings (SSSR count). The van der Waals surface area contributed by atoms with Gasteiger partial charge in [0.2, 0.25) is 16.8 Å². The zero-order valence-electron chi connectivity index (χ0n) is 15.3. The minimum atomic E-state index is -3.48. The molecule has 0 radical (unpaired) electrons. The third kappa shape index (κ3) is 4.33. The van der Waals surface area contributed by atoms with Crippen molar-refractivity contribution < 1.29 is 22.7 Å². The highest BCUT2D eigenvalue weighted by Crippen LogP contribution is 2.32. The Bertz CT molecular complexity index is 943. The predicted octanol–water partition coefficient (Wildman–Crippen LogP) is 2.17. The van der Waals surface area contributed by atoms with Gasteiger partial charge in [0, 0.05) is 12.1 Å². The molecule has 1 amide bonds. The van der Waals surface area contributed by atoms with Crippen LogP contribution in [-0.4, -0.2) is 40.5 Å². The number of sulfonamides is 1. The van der Waals surface area contributed by atoms with Crippen molar-refractivity contribution in [2.24, 2.45) is 0 Å². The van der Waals surface area contributed by atoms with Crippen LogP contribution in [0.1, 0.15) is 22.8 Å². The lowest BCUT2D eigenvalue weighted by atomic mass is 10.1. The van der Waals surface area contributed by atoms with Crippen molar-refractivity contribution in [3.05, 3.63) is 53.6 Å². The van der Waals surface area contributed by atoms with Crippen molar-refractivity contribution in [3.63, 3.8) is 0 Å². The van der Waals surface area contributed by atoms with Crippen molar-refractivity contribution >= 4 is 21.6 Å². The van der Waals surface area contributed by atoms with Crippen LogP contribution in [0.3, 0.4) is 0 Å². The molecular weight excluding hydrogens is 368 g/mol. The zero-order valence-corrected chi connectivity index (χ0v) is 16.1. The van der Waals surface area contributed by atoms with E-state index in [-0.39, 0.29) is 25.8 Å². The molecule has 0 spiro atoms. The van der Waals surface area contributed by atoms with Crippen molar-refractivity contribution in [2.45, 2.75) is 13.3 Å². The van der Waals surface area contributed by atoms with E-state index in [4.69, 9.17) is 9.47 Å². The SMILES string of the molecule is CCc1ccccc1N(CCNC(=O)c1ccc2c(c1)OCO2)S(C)(=O)=O. The van der Waals surface area contributed by atoms with Crippen LogP contribution in [0.2, 0.25) is 0 Å². The number of ether oxygens (including phenoxy) is 2. The Morgan fingerprint density at radius 1 is 1.15 bits per heavy atom. The molecule has 0 saturated carbocycles. The fourth-order valence-corrected chi connectivity index (χ4v) is 3.89. The molecule has 27 heavy (non-hydrogen) atoms. The highest BCUT2D eigenvalue weighted by atomic mass is 32.2. The van der Waals surface area contributed by atoms with Crippen molar-refractivity contribution in [3.8, 4) is 11.5 Å². The van der Waals surface area contributed by atoms with Gasteiger partial charge in [0.05, 0.1) is 18.5 Å². The van der Waals surface area contributed by atoms with E-state index in [1.807, 2.05) is 19.1 Å². The number of rotatable bonds is 7. The van der Waals surface area contributed by atoms with Crippen LogP contribution < -0.4 is 19.1 Å². The second-order valence-corrected chi connectivity index (χ2v) is 8.05. The summed E-state index contributed by atoms with van der Waals surface area (Å²) in [5.41, 5.74) is 2.00. The normalized spacial score (nSPS) is 12.7. The number of nitrogens with zero attached hydrogens (tertiary/aromatic N) is 1. The molecule has 1 aliphatic rings. The number of benzene rings is 2. The predicted molar refractivity (Wildman–Crippen MR) is 103 cm³/mol. The fraction of sp³-hybridized carbons (Fsp3) is 0.316. The molecule has 0 fully saturated rings. The van der Waals surface area contributed by atoms with Gasteiger partial charge in [0.25, 0.3) is 5.91 Å². The smallest absolute Gasteiger partial charge is 0.251 e. The molecular formula is C19H22N2O5S. The van der Waals surface area contributed by atoms with Gasteiger partial charge in [-0.25, -0.2) is 8.42 Å². The Morgan fingerprint density at radius 3 is 2.63 bits per heavy atom. The highest BCUT2D eigenvalue weighted by Gasteiger charge is 2.20. The molecule has 144 valence electrons. The summed E-state index contributed by atoms with van der Waals surface area (Å²) in [6.45, 7) is 2.44. The maximum absolute atomic E-state index is 12.4. The standard InChI is InChI=1S/C19H22N2O5S/c1-3-14-6-4-5-7-16(14)21(27(2,23)24)11-10-20-19(22)15-8-9-17-18(12-15)26-13-25-17/h4-9,12H,3,10-11,13H2,1-2H3,(H,20,22). The minimum Gasteiger partial charge on any atom is -0.454 e. The first-order chi connectivity index (χ1) is 12.9. The molecule has 1 aliphatic heterocycles. The number of aryl methyl sites for hydroxylation is 1. The van der Waals surface area contributed by atoms with Crippen LogP contribution in [0.25, 0.3) is 0 Å². The molecule has 0 aromatic heterocycles. The van der Waals surface area contributed by atoms with E-state index in [2.05, 4.69) is 5.32 Å². The second-order valence-electron chi connectivity index (χ2n) is 6.14. The first-order valence-electron chi connectivity index (χ1n) is 8.63. The molecule has 1 heterocycles. The third-order valence-electron chi connectivity index (χ3n) is 4.28. The fourth-order valence-electron chi connectivity index (χ4n) is 2.93. The number of nitrogens with one attached hydrogen (secondary N) is 1. The quantitative estimate of drug-likeness (QED) is 0.783. The molecule has 0 atom stereocenters. The third-order valence-corrected chi connectivity index (χ3v) is 5.46. The number of carbonyl (C=O) groups is 1. The average Bonchev–Trinajstić information content (AvgIpc) is 3.11. The van der Waals surface area contributed by atoms with Gasteiger partial charge in [-0.2, -0.15) is 0 Å². The summed E-state index contributed by atoms with van der Waals surface area (Å²) >= 11 is 0. The maximum atomic E-state index is 12.4. The number of hydrogen-bond acceptors (Lipinski definition) is 5. The summed E-state index contributed by atoms with van der Waals surface area (Å²) < 4.78 is 36.3. The first kappa shape index (κ1) is 19.0. The van der Waals surface area contributed by atoms with E-state index in [9.17, 15) is 13.2 Å². The molecule has 0 saturated heterocycles. The Kier molecular flexibility index (Phi) is 5.55. The zero-order chi connectivity index (χ0) is 19.4. The van der Waals surface area contributed by atoms with Gasteiger partial charge in [0.15, 0.2) is 11.5 Å². The van der Waals surface area contributed by atoms with Gasteiger partial charge in [-0.3, -0.25) is 9.10 Å². The highest BCUT2D eigenvalue weighted by molar-refractivity contribution is 7.92. The average molecular weight is 390 g/mol. The van der Waals surface area contributed by atoms with Crippen LogP contribution in [-0.2, 0) is 16.4 Å². The summed E-state index contributed by atoms with van der Waals surface area (Å²) in [5.74, 6) is 0.828. The van der Waals surface area contributed by atoms with Crippen molar-refractivity contribution in [2.75, 3.05) is 30.4 Å². The molecule has 2 aromatic carbocycles. The summed E-state index contributed by atoms with van der Waals surface area (Å²) in [4.78, 5) is 12.4. The van der Waals surface area contributed by atoms with Crippen molar-refractivity contribution in [1.29, 1.82) is 0 Å². The lowest BCUT2D eigenvalue weighted by Gasteiger charge is -2.24. The molecule has 0 aliphatic carbocycles. The lowest BCUT2D eigenvalue weighted by molar-refractivity contribution is 0.0954. The number of para-hydroxylation sites is 1. The summed E-state index contributed by atoms with van der Waals surface area (Å²) in [5, 5.41) is 2.76. The number of fused-ring (bicyclic) bond motifs is 1. The maximum Gasteiger partial charge on any atom is 0.251 e. The summed E-state index contributed by atoms with van der Waals surface area (Å²) in [7, 11) is -3.48. The number of carbonyl (C=O) groups excluding carboxylic acids is 1. The summed E-state index contributed by atoms with van der Waals surface area (Å²) in [6.07, 6.45) is 1.88. The lowest BCUT2D eigenvalue weighted by Crippen LogP contribution is -2.38. The molecule has 1 N–H and O–H groups in total. The molecule has 2 aromatic rings. The van der Waals surface area contributed by atoms with Gasteiger partial charge in [-0.05, 0) is 36.2 Å². The Balaban J connectivity index is 1.68. The number of anilines is 1. The monoisotopic (exact) mass is 390 g/mol. The largest absolute Gasteiger partial charge is 0.454 e. The Morgan fingerprint density at radius 2 is 1.89 bits per heavy atom. The van der Waals surface area contributed by atoms with E-state index < -0.39 is 10.0 Å². The van der Waals surface area contributed by atoms with Gasteiger partial charge >= 0.3 is 0 Å². The van der Waals surface area contributed by atoms with Crippen LogP contribution in [0.5, 0.6) is 11.5 Å². The van der Waals surface area contributed by atoms with E-state index in [0.29, 0.717) is 29.2 Å². The van der Waals surface area contributed by atoms with E-state index in [1.54, 1.807) is 30.3 Å². The van der Waals surface area contributed by atoms with Crippen LogP contribution in [0.4, 0.5) is 5.69 Å². The van der Waals surface area contributed by atoms with Gasteiger partial charge in [-0.1, -0.05) is 25.1 Å². The van der Waals surface area contributed by atoms with Crippen LogP contribution in [0, 0.1) is 0 Å². The van der Waals surface area contributed by atoms with Crippen molar-refractivity contribution in [1.82, 2.24) is 5.32 Å². The molecule has 0 unspecified atom stereocenters. The van der Waals surface area contributed by atoms with E-state index >= 15 is 0 Å². The molecule has 0 bridgehead atoms. The Hall–Kier alpha value is -2.74. The molecule has 7 nitrogen and oxygen atoms in total. The minimum absolute atomic E-state index is 0.139.